The van der Waals surface area contributed by atoms with Crippen LogP contribution in [-0.4, -0.2) is 26.5 Å². The molecular weight excluding hydrogens is 380 g/mol. The van der Waals surface area contributed by atoms with E-state index in [9.17, 15) is 18.0 Å². The molecule has 0 spiro atoms. The molecule has 0 atom stereocenters. The monoisotopic (exact) mass is 402 g/mol. The maximum absolute atomic E-state index is 12.4. The highest BCUT2D eigenvalue weighted by molar-refractivity contribution is 7.90. The van der Waals surface area contributed by atoms with Gasteiger partial charge in [-0.3, -0.25) is 10.1 Å². The summed E-state index contributed by atoms with van der Waals surface area (Å²) in [6.07, 6.45) is 3.30. The number of anilines is 1. The van der Waals surface area contributed by atoms with Gasteiger partial charge in [0.15, 0.2) is 0 Å². The summed E-state index contributed by atoms with van der Waals surface area (Å²) in [6, 6.07) is 12.3. The first kappa shape index (κ1) is 19.9. The Bertz CT molecular complexity index is 964. The number of rotatable bonds is 5. The molecule has 1 aliphatic carbocycles. The van der Waals surface area contributed by atoms with E-state index < -0.39 is 22.0 Å². The number of benzene rings is 2. The second kappa shape index (κ2) is 8.43. The maximum atomic E-state index is 12.4. The Morgan fingerprint density at radius 3 is 2.29 bits per heavy atom. The van der Waals surface area contributed by atoms with Crippen molar-refractivity contribution in [3.05, 3.63) is 59.7 Å². The molecule has 0 heterocycles. The van der Waals surface area contributed by atoms with Crippen LogP contribution in [0.15, 0.2) is 53.4 Å². The van der Waals surface area contributed by atoms with Crippen molar-refractivity contribution in [3.63, 3.8) is 0 Å². The smallest absolute Gasteiger partial charge is 0.411 e. The topological polar surface area (TPSA) is 102 Å². The van der Waals surface area contributed by atoms with Crippen LogP contribution in [0.25, 0.3) is 0 Å². The Kier molecular flexibility index (Phi) is 5.99. The van der Waals surface area contributed by atoms with Crippen molar-refractivity contribution in [1.29, 1.82) is 0 Å². The molecule has 0 aliphatic heterocycles. The Balaban J connectivity index is 1.62. The average Bonchev–Trinajstić information content (AvgIpc) is 3.15. The molecule has 7 nitrogen and oxygen atoms in total. The number of hydrogen-bond donors (Lipinski definition) is 2. The molecule has 2 N–H and O–H groups in total. The fourth-order valence-corrected chi connectivity index (χ4v) is 4.33. The van der Waals surface area contributed by atoms with E-state index in [-0.39, 0.29) is 16.6 Å². The Morgan fingerprint density at radius 1 is 1.00 bits per heavy atom. The first-order valence-corrected chi connectivity index (χ1v) is 10.5. The van der Waals surface area contributed by atoms with Crippen molar-refractivity contribution < 1.29 is 22.7 Å². The van der Waals surface area contributed by atoms with Crippen molar-refractivity contribution in [3.8, 4) is 0 Å². The lowest BCUT2D eigenvalue weighted by atomic mass is 10.2. The molecule has 0 bridgehead atoms. The summed E-state index contributed by atoms with van der Waals surface area (Å²) in [5.74, 6) is -0.747. The van der Waals surface area contributed by atoms with E-state index in [1.54, 1.807) is 25.1 Å². The summed E-state index contributed by atoms with van der Waals surface area (Å²) in [5.41, 5.74) is 1.16. The number of amides is 2. The normalized spacial score (nSPS) is 14.5. The van der Waals surface area contributed by atoms with Crippen molar-refractivity contribution in [1.82, 2.24) is 4.72 Å². The second-order valence-corrected chi connectivity index (χ2v) is 8.37. The van der Waals surface area contributed by atoms with Crippen LogP contribution in [-0.2, 0) is 14.8 Å². The van der Waals surface area contributed by atoms with Crippen LogP contribution in [0, 0.1) is 6.92 Å². The molecule has 3 rings (SSSR count). The molecular formula is C20H22N2O5S. The predicted octanol–water partition coefficient (Wildman–Crippen LogP) is 3.60. The SMILES string of the molecule is Cc1ccccc1S(=O)(=O)NC(=O)c1ccc(NC(=O)OC2CCCC2)cc1. The van der Waals surface area contributed by atoms with Gasteiger partial charge >= 0.3 is 6.09 Å². The van der Waals surface area contributed by atoms with E-state index in [2.05, 4.69) is 10.0 Å². The fraction of sp³-hybridized carbons (Fsp3) is 0.300. The molecule has 1 saturated carbocycles. The van der Waals surface area contributed by atoms with Crippen molar-refractivity contribution in [2.45, 2.75) is 43.6 Å². The number of hydrogen-bond acceptors (Lipinski definition) is 5. The third-order valence-corrected chi connectivity index (χ3v) is 6.07. The molecule has 8 heteroatoms. The van der Waals surface area contributed by atoms with Crippen LogP contribution in [0.1, 0.15) is 41.6 Å². The van der Waals surface area contributed by atoms with Gasteiger partial charge in [-0.2, -0.15) is 0 Å². The minimum absolute atomic E-state index is 0.0447. The molecule has 0 aromatic heterocycles. The lowest BCUT2D eigenvalue weighted by molar-refractivity contribution is 0.0981. The van der Waals surface area contributed by atoms with Gasteiger partial charge in [-0.1, -0.05) is 18.2 Å². The summed E-state index contributed by atoms with van der Waals surface area (Å²) < 4.78 is 32.2. The summed E-state index contributed by atoms with van der Waals surface area (Å²) in [4.78, 5) is 24.2. The summed E-state index contributed by atoms with van der Waals surface area (Å²) >= 11 is 0. The molecule has 2 aromatic rings. The molecule has 148 valence electrons. The van der Waals surface area contributed by atoms with Gasteiger partial charge in [-0.25, -0.2) is 17.9 Å². The minimum atomic E-state index is -3.97. The van der Waals surface area contributed by atoms with Gasteiger partial charge in [0.1, 0.15) is 6.10 Å². The van der Waals surface area contributed by atoms with Gasteiger partial charge in [-0.15, -0.1) is 0 Å². The van der Waals surface area contributed by atoms with Crippen molar-refractivity contribution >= 4 is 27.7 Å². The second-order valence-electron chi connectivity index (χ2n) is 6.71. The number of ether oxygens (including phenoxy) is 1. The first-order valence-electron chi connectivity index (χ1n) is 9.05. The quantitative estimate of drug-likeness (QED) is 0.796. The predicted molar refractivity (Wildman–Crippen MR) is 105 cm³/mol. The highest BCUT2D eigenvalue weighted by Gasteiger charge is 2.21. The summed E-state index contributed by atoms with van der Waals surface area (Å²) in [5, 5.41) is 2.61. The summed E-state index contributed by atoms with van der Waals surface area (Å²) in [6.45, 7) is 1.66. The number of aryl methyl sites for hydroxylation is 1. The zero-order chi connectivity index (χ0) is 20.1. The number of sulfonamides is 1. The zero-order valence-electron chi connectivity index (χ0n) is 15.5. The van der Waals surface area contributed by atoms with E-state index in [0.29, 0.717) is 11.3 Å². The molecule has 0 saturated heterocycles. The van der Waals surface area contributed by atoms with Crippen molar-refractivity contribution in [2.75, 3.05) is 5.32 Å². The van der Waals surface area contributed by atoms with E-state index in [4.69, 9.17) is 4.74 Å². The third-order valence-electron chi connectivity index (χ3n) is 4.58. The van der Waals surface area contributed by atoms with Crippen LogP contribution in [0.2, 0.25) is 0 Å². The van der Waals surface area contributed by atoms with Gasteiger partial charge in [0.05, 0.1) is 4.90 Å². The van der Waals surface area contributed by atoms with Gasteiger partial charge in [0, 0.05) is 11.3 Å². The largest absolute Gasteiger partial charge is 0.446 e. The van der Waals surface area contributed by atoms with E-state index in [1.165, 1.54) is 30.3 Å². The van der Waals surface area contributed by atoms with E-state index >= 15 is 0 Å². The standard InChI is InChI=1S/C20H22N2O5S/c1-14-6-2-5-9-18(14)28(25,26)22-19(23)15-10-12-16(13-11-15)21-20(24)27-17-7-3-4-8-17/h2,5-6,9-13,17H,3-4,7-8H2,1H3,(H,21,24)(H,22,23). The van der Waals surface area contributed by atoms with Crippen LogP contribution < -0.4 is 10.0 Å². The number of carbonyl (C=O) groups excluding carboxylic acids is 2. The van der Waals surface area contributed by atoms with Crippen LogP contribution >= 0.6 is 0 Å². The van der Waals surface area contributed by atoms with E-state index in [1.807, 2.05) is 0 Å². The number of nitrogens with one attached hydrogen (secondary N) is 2. The van der Waals surface area contributed by atoms with Crippen LogP contribution in [0.4, 0.5) is 10.5 Å². The Hall–Kier alpha value is -2.87. The maximum Gasteiger partial charge on any atom is 0.411 e. The van der Waals surface area contributed by atoms with Gasteiger partial charge in [0.2, 0.25) is 0 Å². The molecule has 28 heavy (non-hydrogen) atoms. The van der Waals surface area contributed by atoms with Crippen LogP contribution in [0.5, 0.6) is 0 Å². The minimum Gasteiger partial charge on any atom is -0.446 e. The average molecular weight is 402 g/mol. The fourth-order valence-electron chi connectivity index (χ4n) is 3.10. The Morgan fingerprint density at radius 2 is 1.64 bits per heavy atom. The number of carbonyl (C=O) groups is 2. The Labute approximate surface area is 164 Å². The lowest BCUT2D eigenvalue weighted by Crippen LogP contribution is -2.31. The molecule has 2 aromatic carbocycles. The van der Waals surface area contributed by atoms with Gasteiger partial charge in [-0.05, 0) is 68.5 Å². The van der Waals surface area contributed by atoms with Crippen molar-refractivity contribution in [2.24, 2.45) is 0 Å². The lowest BCUT2D eigenvalue weighted by Gasteiger charge is -2.12. The highest BCUT2D eigenvalue weighted by Crippen LogP contribution is 2.21. The molecule has 0 radical (unpaired) electrons. The molecule has 1 fully saturated rings. The van der Waals surface area contributed by atoms with Crippen LogP contribution in [0.3, 0.4) is 0 Å². The third kappa shape index (κ3) is 4.89. The van der Waals surface area contributed by atoms with E-state index in [0.717, 1.165) is 25.7 Å². The van der Waals surface area contributed by atoms with Gasteiger partial charge in [0.25, 0.3) is 15.9 Å². The molecule has 0 unspecified atom stereocenters. The van der Waals surface area contributed by atoms with Gasteiger partial charge < -0.3 is 4.74 Å². The summed E-state index contributed by atoms with van der Waals surface area (Å²) in [7, 11) is -3.97. The molecule has 2 amide bonds. The highest BCUT2D eigenvalue weighted by atomic mass is 32.2. The zero-order valence-corrected chi connectivity index (χ0v) is 16.3. The first-order chi connectivity index (χ1) is 13.3. The molecule has 1 aliphatic rings.